The maximum Gasteiger partial charge on any atom is 0.284 e. The molecule has 0 aliphatic carbocycles. The molecule has 0 aromatic carbocycles. The number of allylic oxidation sites excluding steroid dienone is 1. The average Bonchev–Trinajstić information content (AvgIpc) is 3.01. The number of fused-ring (bicyclic) bond motifs is 1. The molecule has 25 heavy (non-hydrogen) atoms. The Bertz CT molecular complexity index is 727. The van der Waals surface area contributed by atoms with Crippen molar-refractivity contribution in [1.82, 2.24) is 19.7 Å². The predicted molar refractivity (Wildman–Crippen MR) is 95.0 cm³/mol. The van der Waals surface area contributed by atoms with E-state index in [1.807, 2.05) is 12.2 Å². The Morgan fingerprint density at radius 2 is 2.28 bits per heavy atom. The van der Waals surface area contributed by atoms with E-state index in [4.69, 9.17) is 4.74 Å². The highest BCUT2D eigenvalue weighted by atomic mass is 19.3. The van der Waals surface area contributed by atoms with Crippen LogP contribution in [0.15, 0.2) is 37.3 Å². The Balaban J connectivity index is 2.15. The van der Waals surface area contributed by atoms with Crippen LogP contribution in [0.2, 0.25) is 0 Å². The maximum atomic E-state index is 13.6. The lowest BCUT2D eigenvalue weighted by Crippen LogP contribution is -2.25. The molecule has 0 aliphatic rings. The maximum absolute atomic E-state index is 13.6. The summed E-state index contributed by atoms with van der Waals surface area (Å²) in [7, 11) is 0. The molecule has 2 aromatic heterocycles. The van der Waals surface area contributed by atoms with Crippen LogP contribution < -0.4 is 10.1 Å². The zero-order chi connectivity index (χ0) is 18.3. The molecule has 0 saturated carbocycles. The van der Waals surface area contributed by atoms with E-state index in [0.717, 1.165) is 13.0 Å². The second kappa shape index (κ2) is 8.71. The standard InChI is InChI=1S/C18H24F2N4O/c1-4-9-18(19,20)13-25-17-16-22-10-11-24(16)12-15(23-17)8-6-7-14(3)21-5-2/h4,6,8,10-12,14,21H,1,5,7,9,13H2,2-3H3/b8-6+. The SMILES string of the molecule is C=CCC(F)(F)COc1nc(/C=C/CC(C)NCC)cn2ccnc12. The minimum absolute atomic E-state index is 0.0932. The van der Waals surface area contributed by atoms with E-state index in [0.29, 0.717) is 17.4 Å². The van der Waals surface area contributed by atoms with Crippen molar-refractivity contribution in [2.24, 2.45) is 0 Å². The smallest absolute Gasteiger partial charge is 0.284 e. The van der Waals surface area contributed by atoms with Gasteiger partial charge < -0.3 is 14.5 Å². The average molecular weight is 350 g/mol. The summed E-state index contributed by atoms with van der Waals surface area (Å²) < 4.78 is 34.2. The van der Waals surface area contributed by atoms with Crippen molar-refractivity contribution in [1.29, 1.82) is 0 Å². The van der Waals surface area contributed by atoms with Gasteiger partial charge in [0.2, 0.25) is 5.65 Å². The third-order valence-corrected chi connectivity index (χ3v) is 3.56. The van der Waals surface area contributed by atoms with Gasteiger partial charge in [-0.3, -0.25) is 0 Å². The molecule has 0 spiro atoms. The van der Waals surface area contributed by atoms with E-state index >= 15 is 0 Å². The Morgan fingerprint density at radius 1 is 1.48 bits per heavy atom. The molecule has 0 radical (unpaired) electrons. The number of aromatic nitrogens is 3. The van der Waals surface area contributed by atoms with Crippen LogP contribution in [0.1, 0.15) is 32.4 Å². The number of imidazole rings is 1. The van der Waals surface area contributed by atoms with Crippen molar-refractivity contribution in [3.63, 3.8) is 0 Å². The number of nitrogens with one attached hydrogen (secondary N) is 1. The molecule has 136 valence electrons. The Labute approximate surface area is 146 Å². The monoisotopic (exact) mass is 350 g/mol. The van der Waals surface area contributed by atoms with Gasteiger partial charge in [0.15, 0.2) is 6.61 Å². The largest absolute Gasteiger partial charge is 0.469 e. The highest BCUT2D eigenvalue weighted by molar-refractivity contribution is 5.54. The van der Waals surface area contributed by atoms with Crippen molar-refractivity contribution in [3.05, 3.63) is 43.0 Å². The van der Waals surface area contributed by atoms with Crippen LogP contribution >= 0.6 is 0 Å². The van der Waals surface area contributed by atoms with E-state index in [1.165, 1.54) is 6.08 Å². The van der Waals surface area contributed by atoms with Crippen LogP contribution in [-0.2, 0) is 0 Å². The molecule has 2 heterocycles. The lowest BCUT2D eigenvalue weighted by molar-refractivity contribution is -0.0385. The van der Waals surface area contributed by atoms with Gasteiger partial charge in [0.1, 0.15) is 0 Å². The molecule has 0 aliphatic heterocycles. The van der Waals surface area contributed by atoms with Gasteiger partial charge in [-0.15, -0.1) is 6.58 Å². The fraction of sp³-hybridized carbons (Fsp3) is 0.444. The molecule has 2 rings (SSSR count). The summed E-state index contributed by atoms with van der Waals surface area (Å²) in [4.78, 5) is 8.42. The summed E-state index contributed by atoms with van der Waals surface area (Å²) >= 11 is 0. The first-order valence-corrected chi connectivity index (χ1v) is 8.30. The van der Waals surface area contributed by atoms with Crippen molar-refractivity contribution in [2.45, 2.75) is 38.7 Å². The lowest BCUT2D eigenvalue weighted by Gasteiger charge is -2.15. The summed E-state index contributed by atoms with van der Waals surface area (Å²) in [5.74, 6) is -2.89. The minimum Gasteiger partial charge on any atom is -0.469 e. The topological polar surface area (TPSA) is 51.5 Å². The van der Waals surface area contributed by atoms with Crippen LogP contribution in [0.25, 0.3) is 11.7 Å². The van der Waals surface area contributed by atoms with Gasteiger partial charge in [-0.1, -0.05) is 19.1 Å². The summed E-state index contributed by atoms with van der Waals surface area (Å²) in [6, 6.07) is 0.353. The molecule has 0 fully saturated rings. The number of hydrogen-bond acceptors (Lipinski definition) is 4. The fourth-order valence-corrected chi connectivity index (χ4v) is 2.37. The summed E-state index contributed by atoms with van der Waals surface area (Å²) in [6.07, 6.45) is 10.5. The highest BCUT2D eigenvalue weighted by Gasteiger charge is 2.29. The number of alkyl halides is 2. The van der Waals surface area contributed by atoms with Gasteiger partial charge in [0, 0.05) is 31.1 Å². The van der Waals surface area contributed by atoms with Gasteiger partial charge >= 0.3 is 0 Å². The lowest BCUT2D eigenvalue weighted by atomic mass is 10.2. The molecule has 1 N–H and O–H groups in total. The zero-order valence-electron chi connectivity index (χ0n) is 14.6. The van der Waals surface area contributed by atoms with Crippen LogP contribution in [0.5, 0.6) is 5.88 Å². The zero-order valence-corrected chi connectivity index (χ0v) is 14.6. The quantitative estimate of drug-likeness (QED) is 0.664. The molecule has 0 amide bonds. The van der Waals surface area contributed by atoms with Gasteiger partial charge in [-0.2, -0.15) is 0 Å². The van der Waals surface area contributed by atoms with E-state index in [-0.39, 0.29) is 5.88 Å². The number of rotatable bonds is 10. The van der Waals surface area contributed by atoms with E-state index in [9.17, 15) is 8.78 Å². The van der Waals surface area contributed by atoms with Gasteiger partial charge in [0.05, 0.1) is 5.69 Å². The van der Waals surface area contributed by atoms with Crippen LogP contribution in [-0.4, -0.2) is 39.5 Å². The molecule has 0 bridgehead atoms. The van der Waals surface area contributed by atoms with Crippen molar-refractivity contribution in [2.75, 3.05) is 13.2 Å². The van der Waals surface area contributed by atoms with E-state index in [1.54, 1.807) is 23.0 Å². The molecule has 1 unspecified atom stereocenters. The molecular weight excluding hydrogens is 326 g/mol. The van der Waals surface area contributed by atoms with Gasteiger partial charge in [0.25, 0.3) is 11.8 Å². The number of halogens is 2. The van der Waals surface area contributed by atoms with Crippen LogP contribution in [0, 0.1) is 0 Å². The highest BCUT2D eigenvalue weighted by Crippen LogP contribution is 2.23. The summed E-state index contributed by atoms with van der Waals surface area (Å²) in [5.41, 5.74) is 1.03. The van der Waals surface area contributed by atoms with Crippen molar-refractivity contribution in [3.8, 4) is 5.88 Å². The van der Waals surface area contributed by atoms with Gasteiger partial charge in [-0.25, -0.2) is 18.7 Å². The number of ether oxygens (including phenoxy) is 1. The summed E-state index contributed by atoms with van der Waals surface area (Å²) in [5, 5.41) is 3.31. The van der Waals surface area contributed by atoms with Crippen LogP contribution in [0.3, 0.4) is 0 Å². The number of nitrogens with zero attached hydrogens (tertiary/aromatic N) is 3. The minimum atomic E-state index is -2.99. The molecule has 0 saturated heterocycles. The first-order valence-electron chi connectivity index (χ1n) is 8.30. The van der Waals surface area contributed by atoms with Crippen molar-refractivity contribution >= 4 is 11.7 Å². The second-order valence-electron chi connectivity index (χ2n) is 5.86. The first-order chi connectivity index (χ1) is 11.9. The normalized spacial score (nSPS) is 13.4. The fourth-order valence-electron chi connectivity index (χ4n) is 2.37. The Kier molecular flexibility index (Phi) is 6.64. The number of hydrogen-bond donors (Lipinski definition) is 1. The third kappa shape index (κ3) is 5.63. The van der Waals surface area contributed by atoms with E-state index in [2.05, 4.69) is 35.7 Å². The summed E-state index contributed by atoms with van der Waals surface area (Å²) in [6.45, 7) is 7.63. The third-order valence-electron chi connectivity index (χ3n) is 3.56. The Morgan fingerprint density at radius 3 is 3.00 bits per heavy atom. The molecule has 1 atom stereocenters. The molecule has 5 nitrogen and oxygen atoms in total. The van der Waals surface area contributed by atoms with Gasteiger partial charge in [-0.05, 0) is 26.0 Å². The second-order valence-corrected chi connectivity index (χ2v) is 5.86. The van der Waals surface area contributed by atoms with Crippen LogP contribution in [0.4, 0.5) is 8.78 Å². The first kappa shape index (κ1) is 19.1. The van der Waals surface area contributed by atoms with Crippen molar-refractivity contribution < 1.29 is 13.5 Å². The Hall–Kier alpha value is -2.28. The molecule has 2 aromatic rings. The predicted octanol–water partition coefficient (Wildman–Crippen LogP) is 3.72. The molecular formula is C18H24F2N4O. The molecule has 7 heteroatoms. The van der Waals surface area contributed by atoms with E-state index < -0.39 is 19.0 Å².